The van der Waals surface area contributed by atoms with Gasteiger partial charge in [0.25, 0.3) is 0 Å². The van der Waals surface area contributed by atoms with Crippen LogP contribution in [0.2, 0.25) is 0 Å². The number of hydrogen-bond acceptors (Lipinski definition) is 6. The molecule has 3 N–H and O–H groups in total. The molecule has 0 unspecified atom stereocenters. The maximum absolute atomic E-state index is 12.1. The van der Waals surface area contributed by atoms with Gasteiger partial charge in [0.1, 0.15) is 21.5 Å². The number of carbonyl (C=O) groups excluding carboxylic acids is 2. The van der Waals surface area contributed by atoms with E-state index in [2.05, 4.69) is 29.4 Å². The molecule has 32 heavy (non-hydrogen) atoms. The molecule has 9 heteroatoms. The largest absolute Gasteiger partial charge is 0.457 e. The molecule has 1 atom stereocenters. The molecule has 0 radical (unpaired) electrons. The van der Waals surface area contributed by atoms with Gasteiger partial charge in [0.2, 0.25) is 5.91 Å². The highest BCUT2D eigenvalue weighted by atomic mass is 32.1. The van der Waals surface area contributed by atoms with Gasteiger partial charge in [-0.25, -0.2) is 4.79 Å². The van der Waals surface area contributed by atoms with Gasteiger partial charge in [0.05, 0.1) is 6.54 Å². The highest BCUT2D eigenvalue weighted by molar-refractivity contribution is 7.14. The van der Waals surface area contributed by atoms with Crippen LogP contribution in [0.1, 0.15) is 47.6 Å². The fourth-order valence-corrected chi connectivity index (χ4v) is 4.26. The first-order chi connectivity index (χ1) is 15.3. The van der Waals surface area contributed by atoms with E-state index in [0.29, 0.717) is 36.1 Å². The zero-order valence-electron chi connectivity index (χ0n) is 18.2. The molecule has 0 spiro atoms. The summed E-state index contributed by atoms with van der Waals surface area (Å²) in [4.78, 5) is 25.5. The number of primary amides is 1. The molecule has 1 aliphatic rings. The number of ether oxygens (including phenoxy) is 1. The minimum Gasteiger partial charge on any atom is -0.457 e. The Morgan fingerprint density at radius 2 is 2.00 bits per heavy atom. The normalized spacial score (nSPS) is 15.8. The zero-order valence-corrected chi connectivity index (χ0v) is 19.0. The molecular weight excluding hydrogens is 426 g/mol. The second-order valence-corrected chi connectivity index (χ2v) is 9.15. The van der Waals surface area contributed by atoms with Crippen LogP contribution in [0, 0.1) is 0 Å². The third kappa shape index (κ3) is 4.72. The van der Waals surface area contributed by atoms with Crippen molar-refractivity contribution >= 4 is 23.3 Å². The van der Waals surface area contributed by atoms with Gasteiger partial charge < -0.3 is 20.7 Å². The predicted molar refractivity (Wildman–Crippen MR) is 123 cm³/mol. The number of carbonyl (C=O) groups is 2. The lowest BCUT2D eigenvalue weighted by Crippen LogP contribution is -2.28. The van der Waals surface area contributed by atoms with E-state index in [1.807, 2.05) is 31.2 Å². The van der Waals surface area contributed by atoms with Gasteiger partial charge in [-0.1, -0.05) is 31.3 Å². The number of nitrogens with two attached hydrogens (primary N) is 1. The van der Waals surface area contributed by atoms with Crippen molar-refractivity contribution in [3.63, 3.8) is 0 Å². The molecule has 1 aromatic heterocycles. The first kappa shape index (κ1) is 21.8. The third-order valence-corrected chi connectivity index (χ3v) is 6.40. The number of urea groups is 1. The van der Waals surface area contributed by atoms with Crippen molar-refractivity contribution in [2.24, 2.45) is 5.73 Å². The van der Waals surface area contributed by atoms with E-state index in [1.165, 1.54) is 0 Å². The van der Waals surface area contributed by atoms with Crippen LogP contribution in [0.25, 0.3) is 10.6 Å². The minimum absolute atomic E-state index is 0.0841. The Labute approximate surface area is 190 Å². The van der Waals surface area contributed by atoms with Crippen molar-refractivity contribution in [1.29, 1.82) is 0 Å². The van der Waals surface area contributed by atoms with Gasteiger partial charge >= 0.3 is 6.03 Å². The van der Waals surface area contributed by atoms with Crippen LogP contribution in [0.15, 0.2) is 42.5 Å². The van der Waals surface area contributed by atoms with Crippen LogP contribution in [0.3, 0.4) is 0 Å². The average Bonchev–Trinajstić information content (AvgIpc) is 3.36. The SMILES string of the molecule is CC(C)c1nnc(-c2ccc(Oc3cc(C(N)=O)ccc3CN3C[C@@H](C)NC3=O)cc2)s1. The second-order valence-electron chi connectivity index (χ2n) is 8.14. The first-order valence-corrected chi connectivity index (χ1v) is 11.2. The van der Waals surface area contributed by atoms with Crippen molar-refractivity contribution in [2.75, 3.05) is 6.54 Å². The number of amides is 3. The van der Waals surface area contributed by atoms with E-state index in [4.69, 9.17) is 10.5 Å². The Morgan fingerprint density at radius 3 is 2.59 bits per heavy atom. The molecule has 1 aliphatic heterocycles. The molecule has 166 valence electrons. The summed E-state index contributed by atoms with van der Waals surface area (Å²) in [5.41, 5.74) is 7.54. The molecule has 2 aromatic carbocycles. The Kier molecular flexibility index (Phi) is 6.09. The lowest BCUT2D eigenvalue weighted by molar-refractivity contribution is 0.1000. The van der Waals surface area contributed by atoms with Crippen molar-refractivity contribution in [3.8, 4) is 22.1 Å². The Hall–Kier alpha value is -3.46. The van der Waals surface area contributed by atoms with E-state index in [-0.39, 0.29) is 12.1 Å². The van der Waals surface area contributed by atoms with Crippen molar-refractivity contribution in [2.45, 2.75) is 39.3 Å². The lowest BCUT2D eigenvalue weighted by atomic mass is 10.1. The van der Waals surface area contributed by atoms with Crippen molar-refractivity contribution in [3.05, 3.63) is 58.6 Å². The molecular formula is C23H25N5O3S. The second kappa shape index (κ2) is 8.96. The molecule has 0 aliphatic carbocycles. The van der Waals surface area contributed by atoms with Crippen LogP contribution >= 0.6 is 11.3 Å². The summed E-state index contributed by atoms with van der Waals surface area (Å²) in [5, 5.41) is 13.2. The summed E-state index contributed by atoms with van der Waals surface area (Å²) in [5.74, 6) is 0.880. The fraction of sp³-hybridized carbons (Fsp3) is 0.304. The summed E-state index contributed by atoms with van der Waals surface area (Å²) in [7, 11) is 0. The number of aromatic nitrogens is 2. The highest BCUT2D eigenvalue weighted by Crippen LogP contribution is 2.32. The number of rotatable bonds is 7. The topological polar surface area (TPSA) is 110 Å². The number of benzene rings is 2. The summed E-state index contributed by atoms with van der Waals surface area (Å²) in [6.07, 6.45) is 0. The molecule has 4 rings (SSSR count). The van der Waals surface area contributed by atoms with E-state index in [0.717, 1.165) is 21.1 Å². The predicted octanol–water partition coefficient (Wildman–Crippen LogP) is 4.13. The monoisotopic (exact) mass is 451 g/mol. The van der Waals surface area contributed by atoms with E-state index < -0.39 is 5.91 Å². The van der Waals surface area contributed by atoms with Gasteiger partial charge in [-0.05, 0) is 43.3 Å². The first-order valence-electron chi connectivity index (χ1n) is 10.4. The molecule has 0 bridgehead atoms. The Bertz CT molecular complexity index is 1140. The molecule has 8 nitrogen and oxygen atoms in total. The van der Waals surface area contributed by atoms with Crippen LogP contribution in [-0.2, 0) is 6.54 Å². The van der Waals surface area contributed by atoms with Gasteiger partial charge in [-0.3, -0.25) is 4.79 Å². The molecule has 1 fully saturated rings. The summed E-state index contributed by atoms with van der Waals surface area (Å²) in [6.45, 7) is 7.10. The molecule has 1 saturated heterocycles. The van der Waals surface area contributed by atoms with E-state index >= 15 is 0 Å². The lowest BCUT2D eigenvalue weighted by Gasteiger charge is -2.18. The molecule has 0 saturated carbocycles. The van der Waals surface area contributed by atoms with Crippen LogP contribution in [0.4, 0.5) is 4.79 Å². The van der Waals surface area contributed by atoms with E-state index in [1.54, 1.807) is 34.4 Å². The molecule has 2 heterocycles. The maximum atomic E-state index is 12.1. The number of nitrogens with one attached hydrogen (secondary N) is 1. The summed E-state index contributed by atoms with van der Waals surface area (Å²) >= 11 is 1.57. The minimum atomic E-state index is -0.540. The van der Waals surface area contributed by atoms with Gasteiger partial charge in [-0.15, -0.1) is 10.2 Å². The molecule has 3 aromatic rings. The maximum Gasteiger partial charge on any atom is 0.318 e. The zero-order chi connectivity index (χ0) is 22.8. The average molecular weight is 452 g/mol. The summed E-state index contributed by atoms with van der Waals surface area (Å²) < 4.78 is 6.11. The number of nitrogens with zero attached hydrogens (tertiary/aromatic N) is 3. The van der Waals surface area contributed by atoms with Crippen molar-refractivity contribution in [1.82, 2.24) is 20.4 Å². The van der Waals surface area contributed by atoms with Crippen LogP contribution < -0.4 is 15.8 Å². The quantitative estimate of drug-likeness (QED) is 0.561. The third-order valence-electron chi connectivity index (χ3n) is 5.13. The summed E-state index contributed by atoms with van der Waals surface area (Å²) in [6, 6.07) is 12.5. The number of hydrogen-bond donors (Lipinski definition) is 2. The molecule has 3 amide bonds. The highest BCUT2D eigenvalue weighted by Gasteiger charge is 2.26. The Balaban J connectivity index is 1.57. The fourth-order valence-electron chi connectivity index (χ4n) is 3.41. The van der Waals surface area contributed by atoms with Crippen LogP contribution in [-0.4, -0.2) is 39.6 Å². The smallest absolute Gasteiger partial charge is 0.318 e. The van der Waals surface area contributed by atoms with Gasteiger partial charge in [-0.2, -0.15) is 0 Å². The van der Waals surface area contributed by atoms with Crippen LogP contribution in [0.5, 0.6) is 11.5 Å². The van der Waals surface area contributed by atoms with Gasteiger partial charge in [0, 0.05) is 35.2 Å². The van der Waals surface area contributed by atoms with Gasteiger partial charge in [0.15, 0.2) is 0 Å². The van der Waals surface area contributed by atoms with Crippen molar-refractivity contribution < 1.29 is 14.3 Å². The van der Waals surface area contributed by atoms with E-state index in [9.17, 15) is 9.59 Å². The standard InChI is InChI=1S/C23H25N5O3S/c1-13(2)21-26-27-22(32-21)15-6-8-18(9-7-15)31-19-10-16(20(24)29)4-5-17(19)12-28-11-14(3)25-23(28)30/h4-10,13-14H,11-12H2,1-3H3,(H2,24,29)(H,25,30)/t14-/m1/s1. The Morgan fingerprint density at radius 1 is 1.25 bits per heavy atom.